The van der Waals surface area contributed by atoms with Crippen molar-refractivity contribution in [3.05, 3.63) is 34.8 Å². The van der Waals surface area contributed by atoms with Gasteiger partial charge in [-0.1, -0.05) is 0 Å². The van der Waals surface area contributed by atoms with Gasteiger partial charge in [0.15, 0.2) is 10.8 Å². The normalized spacial score (nSPS) is 14.5. The largest absolute Gasteiger partial charge is 0.459 e. The lowest BCUT2D eigenvalue weighted by Crippen LogP contribution is -2.51. The van der Waals surface area contributed by atoms with Crippen LogP contribution in [0.25, 0.3) is 10.8 Å². The van der Waals surface area contributed by atoms with E-state index in [1.54, 1.807) is 9.80 Å². The van der Waals surface area contributed by atoms with Crippen molar-refractivity contribution in [3.8, 4) is 10.8 Å². The first kappa shape index (κ1) is 18.3. The number of furan rings is 1. The molecular formula is C17H19N7O3S. The van der Waals surface area contributed by atoms with E-state index in [0.717, 1.165) is 5.76 Å². The highest BCUT2D eigenvalue weighted by atomic mass is 32.1. The molecule has 0 atom stereocenters. The van der Waals surface area contributed by atoms with Crippen molar-refractivity contribution in [2.45, 2.75) is 20.4 Å². The number of rotatable bonds is 4. The van der Waals surface area contributed by atoms with Crippen LogP contribution in [0.3, 0.4) is 0 Å². The summed E-state index contributed by atoms with van der Waals surface area (Å²) in [6.07, 6.45) is 1.41. The Morgan fingerprint density at radius 2 is 1.89 bits per heavy atom. The van der Waals surface area contributed by atoms with Gasteiger partial charge >= 0.3 is 0 Å². The third kappa shape index (κ3) is 3.65. The highest BCUT2D eigenvalue weighted by molar-refractivity contribution is 7.17. The van der Waals surface area contributed by atoms with E-state index >= 15 is 0 Å². The standard InChI is InChI=1S/C17H19N7O3S/c1-11-3-4-13(27-11)16-19-12(2)15(28-16)17(26)23-7-5-22(6-8-23)14(25)9-24-10-18-20-21-24/h3-4,10H,5-9H2,1-2H3. The zero-order valence-electron chi connectivity index (χ0n) is 15.5. The Balaban J connectivity index is 1.39. The van der Waals surface area contributed by atoms with Crippen molar-refractivity contribution in [3.63, 3.8) is 0 Å². The summed E-state index contributed by atoms with van der Waals surface area (Å²) >= 11 is 1.34. The second-order valence-corrected chi connectivity index (χ2v) is 7.52. The minimum atomic E-state index is -0.0659. The molecule has 0 spiro atoms. The van der Waals surface area contributed by atoms with Crippen LogP contribution in [-0.4, -0.2) is 73.0 Å². The third-order valence-corrected chi connectivity index (χ3v) is 5.71. The molecule has 4 rings (SSSR count). The maximum absolute atomic E-state index is 12.9. The molecule has 0 saturated carbocycles. The van der Waals surface area contributed by atoms with Crippen molar-refractivity contribution in [2.75, 3.05) is 26.2 Å². The molecule has 0 radical (unpaired) electrons. The number of amides is 2. The van der Waals surface area contributed by atoms with Crippen LogP contribution >= 0.6 is 11.3 Å². The summed E-state index contributed by atoms with van der Waals surface area (Å²) in [6.45, 7) is 5.72. The highest BCUT2D eigenvalue weighted by Crippen LogP contribution is 2.30. The average Bonchev–Trinajstić information content (AvgIpc) is 3.43. The number of tetrazole rings is 1. The van der Waals surface area contributed by atoms with E-state index in [1.165, 1.54) is 22.3 Å². The quantitative estimate of drug-likeness (QED) is 0.641. The van der Waals surface area contributed by atoms with Gasteiger partial charge in [-0.25, -0.2) is 9.67 Å². The van der Waals surface area contributed by atoms with Gasteiger partial charge in [0.05, 0.1) is 5.69 Å². The fourth-order valence-electron chi connectivity index (χ4n) is 3.04. The maximum atomic E-state index is 12.9. The van der Waals surface area contributed by atoms with E-state index in [-0.39, 0.29) is 18.4 Å². The lowest BCUT2D eigenvalue weighted by Gasteiger charge is -2.34. The summed E-state index contributed by atoms with van der Waals surface area (Å²) in [6, 6.07) is 3.73. The second-order valence-electron chi connectivity index (χ2n) is 6.52. The minimum Gasteiger partial charge on any atom is -0.459 e. The van der Waals surface area contributed by atoms with Crippen molar-refractivity contribution in [2.24, 2.45) is 0 Å². The van der Waals surface area contributed by atoms with E-state index in [0.29, 0.717) is 47.5 Å². The predicted octanol–water partition coefficient (Wildman–Crippen LogP) is 0.991. The topological polar surface area (TPSA) is 110 Å². The van der Waals surface area contributed by atoms with Gasteiger partial charge in [-0.3, -0.25) is 9.59 Å². The fraction of sp³-hybridized carbons (Fsp3) is 0.412. The summed E-state index contributed by atoms with van der Waals surface area (Å²) < 4.78 is 7.00. The van der Waals surface area contributed by atoms with Crippen molar-refractivity contribution < 1.29 is 14.0 Å². The van der Waals surface area contributed by atoms with Crippen molar-refractivity contribution in [1.29, 1.82) is 0 Å². The Bertz CT molecular complexity index is 986. The molecule has 0 unspecified atom stereocenters. The zero-order chi connectivity index (χ0) is 19.7. The van der Waals surface area contributed by atoms with Crippen molar-refractivity contribution in [1.82, 2.24) is 35.0 Å². The lowest BCUT2D eigenvalue weighted by molar-refractivity contribution is -0.133. The summed E-state index contributed by atoms with van der Waals surface area (Å²) in [4.78, 5) is 33.8. The Hall–Kier alpha value is -3.08. The van der Waals surface area contributed by atoms with Gasteiger partial charge in [0, 0.05) is 26.2 Å². The van der Waals surface area contributed by atoms with Crippen LogP contribution in [0, 0.1) is 13.8 Å². The number of hydrogen-bond donors (Lipinski definition) is 0. The molecule has 1 fully saturated rings. The van der Waals surface area contributed by atoms with E-state index in [1.807, 2.05) is 26.0 Å². The van der Waals surface area contributed by atoms with Crippen LogP contribution in [0.1, 0.15) is 21.1 Å². The first-order valence-electron chi connectivity index (χ1n) is 8.83. The molecule has 11 heteroatoms. The summed E-state index contributed by atoms with van der Waals surface area (Å²) in [5.41, 5.74) is 0.691. The molecule has 3 aromatic rings. The fourth-order valence-corrected chi connectivity index (χ4v) is 4.04. The van der Waals surface area contributed by atoms with Gasteiger partial charge in [-0.2, -0.15) is 0 Å². The number of thiazole rings is 1. The lowest BCUT2D eigenvalue weighted by atomic mass is 10.2. The number of aryl methyl sites for hydroxylation is 2. The molecule has 0 aliphatic carbocycles. The molecule has 1 aliphatic rings. The zero-order valence-corrected chi connectivity index (χ0v) is 16.3. The van der Waals surface area contributed by atoms with Crippen LogP contribution in [0.15, 0.2) is 22.9 Å². The van der Waals surface area contributed by atoms with Gasteiger partial charge in [0.2, 0.25) is 5.91 Å². The highest BCUT2D eigenvalue weighted by Gasteiger charge is 2.28. The monoisotopic (exact) mass is 401 g/mol. The minimum absolute atomic E-state index is 0.0582. The summed E-state index contributed by atoms with van der Waals surface area (Å²) in [5, 5.41) is 11.4. The Labute approximate surface area is 164 Å². The smallest absolute Gasteiger partial charge is 0.265 e. The molecule has 1 saturated heterocycles. The van der Waals surface area contributed by atoms with Crippen molar-refractivity contribution >= 4 is 23.2 Å². The average molecular weight is 401 g/mol. The van der Waals surface area contributed by atoms with Gasteiger partial charge in [-0.05, 0) is 36.4 Å². The molecular weight excluding hydrogens is 382 g/mol. The predicted molar refractivity (Wildman–Crippen MR) is 99.6 cm³/mol. The Morgan fingerprint density at radius 1 is 1.14 bits per heavy atom. The van der Waals surface area contributed by atoms with Gasteiger partial charge in [-0.15, -0.1) is 16.4 Å². The Kier molecular flexibility index (Phi) is 4.90. The molecule has 0 N–H and O–H groups in total. The SMILES string of the molecule is Cc1ccc(-c2nc(C)c(C(=O)N3CCN(C(=O)Cn4cnnn4)CC3)s2)o1. The number of hydrogen-bond acceptors (Lipinski definition) is 8. The van der Waals surface area contributed by atoms with Gasteiger partial charge in [0.25, 0.3) is 5.91 Å². The van der Waals surface area contributed by atoms with Crippen LogP contribution in [-0.2, 0) is 11.3 Å². The van der Waals surface area contributed by atoms with E-state index in [2.05, 4.69) is 20.5 Å². The Morgan fingerprint density at radius 3 is 2.54 bits per heavy atom. The molecule has 4 heterocycles. The molecule has 2 amide bonds. The van der Waals surface area contributed by atoms with Crippen LogP contribution in [0.5, 0.6) is 0 Å². The first-order chi connectivity index (χ1) is 13.5. The third-order valence-electron chi connectivity index (χ3n) is 4.55. The molecule has 0 aromatic carbocycles. The summed E-state index contributed by atoms with van der Waals surface area (Å²) in [5.74, 6) is 1.35. The summed E-state index contributed by atoms with van der Waals surface area (Å²) in [7, 11) is 0. The van der Waals surface area contributed by atoms with Crippen LogP contribution < -0.4 is 0 Å². The van der Waals surface area contributed by atoms with Gasteiger partial charge < -0.3 is 14.2 Å². The molecule has 146 valence electrons. The second kappa shape index (κ2) is 7.50. The number of piperazine rings is 1. The maximum Gasteiger partial charge on any atom is 0.265 e. The number of carbonyl (C=O) groups excluding carboxylic acids is 2. The molecule has 28 heavy (non-hydrogen) atoms. The van der Waals surface area contributed by atoms with Crippen LogP contribution in [0.4, 0.5) is 0 Å². The van der Waals surface area contributed by atoms with E-state index in [9.17, 15) is 9.59 Å². The van der Waals surface area contributed by atoms with Crippen LogP contribution in [0.2, 0.25) is 0 Å². The molecule has 1 aliphatic heterocycles. The van der Waals surface area contributed by atoms with E-state index < -0.39 is 0 Å². The first-order valence-corrected chi connectivity index (χ1v) is 9.65. The van der Waals surface area contributed by atoms with E-state index in [4.69, 9.17) is 4.42 Å². The molecule has 0 bridgehead atoms. The number of carbonyl (C=O) groups is 2. The molecule has 3 aromatic heterocycles. The van der Waals surface area contributed by atoms with Gasteiger partial charge in [0.1, 0.15) is 23.5 Å². The number of aromatic nitrogens is 5. The number of nitrogens with zero attached hydrogens (tertiary/aromatic N) is 7. The molecule has 10 nitrogen and oxygen atoms in total.